The molecule has 0 N–H and O–H groups in total. The molecule has 0 radical (unpaired) electrons. The molecule has 0 aromatic carbocycles. The molecule has 1 unspecified atom stereocenters. The maximum atomic E-state index is 11.5. The van der Waals surface area contributed by atoms with Crippen molar-refractivity contribution in [1.82, 2.24) is 0 Å². The van der Waals surface area contributed by atoms with Crippen molar-refractivity contribution < 1.29 is 14.3 Å². The van der Waals surface area contributed by atoms with Crippen LogP contribution in [0.1, 0.15) is 51.9 Å². The van der Waals surface area contributed by atoms with E-state index in [0.29, 0.717) is 12.0 Å². The van der Waals surface area contributed by atoms with E-state index in [0.717, 1.165) is 19.4 Å². The maximum absolute atomic E-state index is 11.5. The van der Waals surface area contributed by atoms with Crippen molar-refractivity contribution in [3.63, 3.8) is 0 Å². The molecule has 2 rings (SSSR count). The van der Waals surface area contributed by atoms with Gasteiger partial charge in [-0.15, -0.1) is 0 Å². The van der Waals surface area contributed by atoms with Gasteiger partial charge in [0.2, 0.25) is 0 Å². The smallest absolute Gasteiger partial charge is 0.335 e. The summed E-state index contributed by atoms with van der Waals surface area (Å²) in [5.74, 6) is -0.173. The topological polar surface area (TPSA) is 35.5 Å². The minimum absolute atomic E-state index is 0.173. The Morgan fingerprint density at radius 2 is 2.06 bits per heavy atom. The summed E-state index contributed by atoms with van der Waals surface area (Å²) in [4.78, 5) is 11.5. The van der Waals surface area contributed by atoms with Crippen molar-refractivity contribution in [3.8, 4) is 0 Å². The van der Waals surface area contributed by atoms with Crippen LogP contribution in [-0.2, 0) is 14.3 Å². The van der Waals surface area contributed by atoms with Gasteiger partial charge in [0, 0.05) is 0 Å². The van der Waals surface area contributed by atoms with Crippen molar-refractivity contribution >= 4 is 5.97 Å². The molecule has 1 atom stereocenters. The number of hydrogen-bond acceptors (Lipinski definition) is 3. The molecule has 3 heteroatoms. The van der Waals surface area contributed by atoms with E-state index in [2.05, 4.69) is 0 Å². The molecule has 0 aromatic heterocycles. The van der Waals surface area contributed by atoms with E-state index in [1.54, 1.807) is 0 Å². The monoisotopic (exact) mass is 226 g/mol. The second kappa shape index (κ2) is 5.17. The molecule has 1 heterocycles. The summed E-state index contributed by atoms with van der Waals surface area (Å²) in [7, 11) is 0. The second-order valence-corrected chi connectivity index (χ2v) is 5.15. The first kappa shape index (κ1) is 11.9. The third-order valence-corrected chi connectivity index (χ3v) is 3.99. The largest absolute Gasteiger partial charge is 0.464 e. The molecule has 3 nitrogen and oxygen atoms in total. The Morgan fingerprint density at radius 1 is 1.31 bits per heavy atom. The number of ether oxygens (including phenoxy) is 2. The summed E-state index contributed by atoms with van der Waals surface area (Å²) in [5, 5.41) is 0. The van der Waals surface area contributed by atoms with Crippen LogP contribution in [-0.4, -0.2) is 25.3 Å². The summed E-state index contributed by atoms with van der Waals surface area (Å²) in [6, 6.07) is 0. The summed E-state index contributed by atoms with van der Waals surface area (Å²) in [6.07, 6.45) is 8.26. The highest BCUT2D eigenvalue weighted by atomic mass is 16.6. The summed E-state index contributed by atoms with van der Waals surface area (Å²) < 4.78 is 10.7. The van der Waals surface area contributed by atoms with E-state index in [1.165, 1.54) is 32.1 Å². The van der Waals surface area contributed by atoms with Crippen LogP contribution in [0.3, 0.4) is 0 Å². The number of esters is 1. The molecule has 0 amide bonds. The molecular weight excluding hydrogens is 204 g/mol. The van der Waals surface area contributed by atoms with Crippen LogP contribution in [0.25, 0.3) is 0 Å². The first-order valence-corrected chi connectivity index (χ1v) is 6.54. The highest BCUT2D eigenvalue weighted by molar-refractivity contribution is 5.74. The molecule has 1 aliphatic carbocycles. The van der Waals surface area contributed by atoms with E-state index in [1.807, 2.05) is 6.92 Å². The molecular formula is C13H22O3. The number of hydrogen-bond donors (Lipinski definition) is 0. The van der Waals surface area contributed by atoms with E-state index in [9.17, 15) is 4.79 Å². The van der Waals surface area contributed by atoms with Crippen LogP contribution in [0.15, 0.2) is 0 Å². The lowest BCUT2D eigenvalue weighted by Crippen LogP contribution is -2.41. The minimum Gasteiger partial charge on any atom is -0.464 e. The Balaban J connectivity index is 1.83. The molecule has 2 fully saturated rings. The van der Waals surface area contributed by atoms with Crippen LogP contribution < -0.4 is 0 Å². The average Bonchev–Trinajstić information content (AvgIpc) is 2.31. The SMILES string of the molecule is CCOC(=O)C1CCC2(CCCCC2)CO1. The molecule has 1 aliphatic heterocycles. The van der Waals surface area contributed by atoms with Gasteiger partial charge in [-0.1, -0.05) is 19.3 Å². The number of carbonyl (C=O) groups excluding carboxylic acids is 1. The molecule has 0 aromatic rings. The predicted molar refractivity (Wildman–Crippen MR) is 61.1 cm³/mol. The average molecular weight is 226 g/mol. The van der Waals surface area contributed by atoms with Crippen molar-refractivity contribution in [3.05, 3.63) is 0 Å². The van der Waals surface area contributed by atoms with Gasteiger partial charge < -0.3 is 9.47 Å². The predicted octanol–water partition coefficient (Wildman–Crippen LogP) is 2.68. The van der Waals surface area contributed by atoms with Gasteiger partial charge >= 0.3 is 5.97 Å². The van der Waals surface area contributed by atoms with Gasteiger partial charge in [-0.25, -0.2) is 4.79 Å². The van der Waals surface area contributed by atoms with Crippen molar-refractivity contribution in [2.75, 3.05) is 13.2 Å². The fourth-order valence-electron chi connectivity index (χ4n) is 2.99. The molecule has 0 bridgehead atoms. The molecule has 2 aliphatic rings. The van der Waals surface area contributed by atoms with Crippen molar-refractivity contribution in [2.45, 2.75) is 58.0 Å². The summed E-state index contributed by atoms with van der Waals surface area (Å²) in [6.45, 7) is 3.05. The van der Waals surface area contributed by atoms with E-state index in [-0.39, 0.29) is 12.1 Å². The third kappa shape index (κ3) is 2.57. The highest BCUT2D eigenvalue weighted by Gasteiger charge is 2.39. The van der Waals surface area contributed by atoms with Crippen LogP contribution in [0.4, 0.5) is 0 Å². The second-order valence-electron chi connectivity index (χ2n) is 5.15. The minimum atomic E-state index is -0.299. The summed E-state index contributed by atoms with van der Waals surface area (Å²) in [5.41, 5.74) is 0.390. The first-order valence-electron chi connectivity index (χ1n) is 6.54. The normalized spacial score (nSPS) is 28.9. The first-order chi connectivity index (χ1) is 7.76. The standard InChI is InChI=1S/C13H22O3/c1-2-15-12(14)11-6-9-13(10-16-11)7-4-3-5-8-13/h11H,2-10H2,1H3. The Bertz CT molecular complexity index is 234. The van der Waals surface area contributed by atoms with Gasteiger partial charge in [-0.05, 0) is 38.0 Å². The van der Waals surface area contributed by atoms with Crippen molar-refractivity contribution in [1.29, 1.82) is 0 Å². The van der Waals surface area contributed by atoms with Crippen LogP contribution in [0.2, 0.25) is 0 Å². The Labute approximate surface area is 97.5 Å². The Kier molecular flexibility index (Phi) is 3.85. The van der Waals surface area contributed by atoms with Crippen LogP contribution in [0, 0.1) is 5.41 Å². The fraction of sp³-hybridized carbons (Fsp3) is 0.923. The third-order valence-electron chi connectivity index (χ3n) is 3.99. The number of rotatable bonds is 2. The van der Waals surface area contributed by atoms with Crippen LogP contribution >= 0.6 is 0 Å². The number of carbonyl (C=O) groups is 1. The van der Waals surface area contributed by atoms with E-state index >= 15 is 0 Å². The lowest BCUT2D eigenvalue weighted by molar-refractivity contribution is -0.167. The lowest BCUT2D eigenvalue weighted by atomic mass is 9.70. The van der Waals surface area contributed by atoms with Gasteiger partial charge in [0.1, 0.15) is 0 Å². The fourth-order valence-corrected chi connectivity index (χ4v) is 2.99. The van der Waals surface area contributed by atoms with Gasteiger partial charge in [0.15, 0.2) is 6.10 Å². The highest BCUT2D eigenvalue weighted by Crippen LogP contribution is 2.43. The zero-order valence-electron chi connectivity index (χ0n) is 10.2. The van der Waals surface area contributed by atoms with Gasteiger partial charge in [-0.3, -0.25) is 0 Å². The zero-order valence-corrected chi connectivity index (χ0v) is 10.2. The van der Waals surface area contributed by atoms with Gasteiger partial charge in [0.25, 0.3) is 0 Å². The Hall–Kier alpha value is -0.570. The van der Waals surface area contributed by atoms with Gasteiger partial charge in [-0.2, -0.15) is 0 Å². The summed E-state index contributed by atoms with van der Waals surface area (Å²) >= 11 is 0. The molecule has 16 heavy (non-hydrogen) atoms. The van der Waals surface area contributed by atoms with E-state index < -0.39 is 0 Å². The lowest BCUT2D eigenvalue weighted by Gasteiger charge is -2.42. The Morgan fingerprint density at radius 3 is 2.62 bits per heavy atom. The van der Waals surface area contributed by atoms with Crippen molar-refractivity contribution in [2.24, 2.45) is 5.41 Å². The zero-order chi connectivity index (χ0) is 11.4. The van der Waals surface area contributed by atoms with Gasteiger partial charge in [0.05, 0.1) is 13.2 Å². The molecule has 1 saturated carbocycles. The maximum Gasteiger partial charge on any atom is 0.335 e. The molecule has 92 valence electrons. The van der Waals surface area contributed by atoms with E-state index in [4.69, 9.17) is 9.47 Å². The molecule has 1 spiro atoms. The molecule has 1 saturated heterocycles. The quantitative estimate of drug-likeness (QED) is 0.679. The van der Waals surface area contributed by atoms with Crippen LogP contribution in [0.5, 0.6) is 0 Å².